The van der Waals surface area contributed by atoms with E-state index >= 15 is 0 Å². The lowest BCUT2D eigenvalue weighted by atomic mass is 9.82. The molecule has 0 aromatic heterocycles. The van der Waals surface area contributed by atoms with E-state index in [1.807, 2.05) is 50.2 Å². The molecule has 0 saturated carbocycles. The minimum absolute atomic E-state index is 0.0363. The summed E-state index contributed by atoms with van der Waals surface area (Å²) in [4.78, 5) is 14.8. The Morgan fingerprint density at radius 3 is 2.46 bits per heavy atom. The molecule has 2 heterocycles. The van der Waals surface area contributed by atoms with Gasteiger partial charge in [0.25, 0.3) is 0 Å². The standard InChI is InChI=1S/C21H24BrN3O3/c1-11-9-12(2)20(27)15(10-11)17-16-18(24-23-17)21(28)25(7-8-26)19(16)13-3-5-14(22)6-4-13/h3-6,9-10,16-19,23-24,26-27H,7-8H2,1-2H3. The van der Waals surface area contributed by atoms with Crippen molar-refractivity contribution in [1.82, 2.24) is 15.8 Å². The zero-order valence-corrected chi connectivity index (χ0v) is 17.4. The first-order valence-electron chi connectivity index (χ1n) is 9.40. The van der Waals surface area contributed by atoms with Crippen LogP contribution in [-0.2, 0) is 4.79 Å². The van der Waals surface area contributed by atoms with E-state index in [0.29, 0.717) is 0 Å². The quantitative estimate of drug-likeness (QED) is 0.580. The van der Waals surface area contributed by atoms with Crippen LogP contribution in [0.4, 0.5) is 0 Å². The number of carbonyl (C=O) groups is 1. The zero-order valence-electron chi connectivity index (χ0n) is 15.8. The van der Waals surface area contributed by atoms with Gasteiger partial charge in [-0.15, -0.1) is 0 Å². The zero-order chi connectivity index (χ0) is 20.0. The van der Waals surface area contributed by atoms with E-state index in [0.717, 1.165) is 26.7 Å². The third kappa shape index (κ3) is 3.12. The molecule has 0 radical (unpaired) electrons. The number of hydrogen-bond donors (Lipinski definition) is 4. The number of benzene rings is 2. The number of aryl methyl sites for hydroxylation is 2. The van der Waals surface area contributed by atoms with Crippen LogP contribution < -0.4 is 10.9 Å². The molecule has 0 bridgehead atoms. The van der Waals surface area contributed by atoms with Gasteiger partial charge in [0.2, 0.25) is 5.91 Å². The van der Waals surface area contributed by atoms with Crippen molar-refractivity contribution in [2.45, 2.75) is 32.0 Å². The summed E-state index contributed by atoms with van der Waals surface area (Å²) in [5.41, 5.74) is 10.1. The van der Waals surface area contributed by atoms with Crippen LogP contribution in [0, 0.1) is 19.8 Å². The number of likely N-dealkylation sites (tertiary alicyclic amines) is 1. The van der Waals surface area contributed by atoms with Gasteiger partial charge in [-0.25, -0.2) is 10.9 Å². The molecule has 4 atom stereocenters. The van der Waals surface area contributed by atoms with Crippen molar-refractivity contribution in [2.24, 2.45) is 5.92 Å². The number of hydrogen-bond acceptors (Lipinski definition) is 5. The monoisotopic (exact) mass is 445 g/mol. The van der Waals surface area contributed by atoms with Gasteiger partial charge in [-0.05, 0) is 37.1 Å². The molecule has 148 valence electrons. The molecule has 28 heavy (non-hydrogen) atoms. The number of rotatable bonds is 4. The molecule has 6 nitrogen and oxygen atoms in total. The van der Waals surface area contributed by atoms with E-state index < -0.39 is 6.04 Å². The number of aliphatic hydroxyl groups is 1. The van der Waals surface area contributed by atoms with Gasteiger partial charge in [-0.3, -0.25) is 4.79 Å². The molecular formula is C21H24BrN3O3. The molecule has 1 amide bonds. The van der Waals surface area contributed by atoms with Gasteiger partial charge in [0, 0.05) is 22.5 Å². The number of halogens is 1. The summed E-state index contributed by atoms with van der Waals surface area (Å²) in [7, 11) is 0. The van der Waals surface area contributed by atoms with E-state index in [4.69, 9.17) is 0 Å². The Balaban J connectivity index is 1.81. The van der Waals surface area contributed by atoms with E-state index in [9.17, 15) is 15.0 Å². The Kier molecular flexibility index (Phi) is 5.18. The van der Waals surface area contributed by atoms with Gasteiger partial charge in [-0.1, -0.05) is 45.8 Å². The van der Waals surface area contributed by atoms with Gasteiger partial charge in [0.15, 0.2) is 0 Å². The van der Waals surface area contributed by atoms with Gasteiger partial charge in [0.05, 0.1) is 18.7 Å². The topological polar surface area (TPSA) is 84.8 Å². The Morgan fingerprint density at radius 1 is 1.11 bits per heavy atom. The maximum Gasteiger partial charge on any atom is 0.242 e. The van der Waals surface area contributed by atoms with E-state index in [1.165, 1.54) is 0 Å². The normalized spacial score (nSPS) is 26.7. The highest BCUT2D eigenvalue weighted by Gasteiger charge is 2.55. The molecular weight excluding hydrogens is 422 g/mol. The Bertz CT molecular complexity index is 903. The van der Waals surface area contributed by atoms with Crippen LogP contribution in [0.25, 0.3) is 0 Å². The first-order chi connectivity index (χ1) is 13.4. The number of aromatic hydroxyl groups is 1. The summed E-state index contributed by atoms with van der Waals surface area (Å²) in [6, 6.07) is 11.0. The van der Waals surface area contributed by atoms with Crippen LogP contribution in [0.1, 0.15) is 34.3 Å². The number of β-amino-alcohol motifs (C(OH)–C–C–N with tert-alkyl or cyclic N) is 1. The number of hydrazine groups is 1. The van der Waals surface area contributed by atoms with Crippen molar-refractivity contribution in [3.63, 3.8) is 0 Å². The second-order valence-electron chi connectivity index (χ2n) is 7.59. The molecule has 2 aromatic rings. The van der Waals surface area contributed by atoms with Crippen molar-refractivity contribution in [2.75, 3.05) is 13.2 Å². The number of carbonyl (C=O) groups excluding carboxylic acids is 1. The lowest BCUT2D eigenvalue weighted by Crippen LogP contribution is -2.42. The molecule has 2 fully saturated rings. The number of amides is 1. The number of nitrogens with one attached hydrogen (secondary N) is 2. The summed E-state index contributed by atoms with van der Waals surface area (Å²) < 4.78 is 0.969. The molecule has 2 aromatic carbocycles. The first-order valence-corrected chi connectivity index (χ1v) is 10.2. The summed E-state index contributed by atoms with van der Waals surface area (Å²) >= 11 is 3.46. The molecule has 7 heteroatoms. The van der Waals surface area contributed by atoms with Crippen molar-refractivity contribution in [3.05, 3.63) is 63.1 Å². The highest BCUT2D eigenvalue weighted by molar-refractivity contribution is 9.10. The van der Waals surface area contributed by atoms with Gasteiger partial charge in [-0.2, -0.15) is 0 Å². The summed E-state index contributed by atoms with van der Waals surface area (Å²) in [5.74, 6) is 0.103. The van der Waals surface area contributed by atoms with Crippen LogP contribution in [-0.4, -0.2) is 40.2 Å². The molecule has 0 spiro atoms. The second kappa shape index (κ2) is 7.48. The number of aliphatic hydroxyl groups excluding tert-OH is 1. The molecule has 2 aliphatic heterocycles. The van der Waals surface area contributed by atoms with Crippen molar-refractivity contribution in [1.29, 1.82) is 0 Å². The average Bonchev–Trinajstić information content (AvgIpc) is 3.19. The fourth-order valence-electron chi connectivity index (χ4n) is 4.61. The SMILES string of the molecule is Cc1cc(C)c(O)c(C2NNC3C(=O)N(CCO)C(c4ccc(Br)cc4)C32)c1. The van der Waals surface area contributed by atoms with Gasteiger partial charge in [0.1, 0.15) is 11.8 Å². The van der Waals surface area contributed by atoms with E-state index in [1.54, 1.807) is 4.90 Å². The Hall–Kier alpha value is -1.93. The molecule has 4 N–H and O–H groups in total. The number of fused-ring (bicyclic) bond motifs is 1. The summed E-state index contributed by atoms with van der Waals surface area (Å²) in [6.45, 7) is 4.07. The van der Waals surface area contributed by atoms with Crippen LogP contribution in [0.15, 0.2) is 40.9 Å². The van der Waals surface area contributed by atoms with Gasteiger partial charge >= 0.3 is 0 Å². The minimum atomic E-state index is -0.412. The maximum atomic E-state index is 13.1. The van der Waals surface area contributed by atoms with Crippen LogP contribution in [0.5, 0.6) is 5.75 Å². The first kappa shape index (κ1) is 19.4. The lowest BCUT2D eigenvalue weighted by molar-refractivity contribution is -0.131. The van der Waals surface area contributed by atoms with E-state index in [2.05, 4.69) is 26.8 Å². The number of phenolic OH excluding ortho intramolecular Hbond substituents is 1. The third-order valence-corrected chi connectivity index (χ3v) is 6.30. The number of nitrogens with zero attached hydrogens (tertiary/aromatic N) is 1. The summed E-state index contributed by atoms with van der Waals surface area (Å²) in [5, 5.41) is 20.3. The molecule has 2 aliphatic rings. The number of phenols is 1. The van der Waals surface area contributed by atoms with Gasteiger partial charge < -0.3 is 15.1 Å². The molecule has 4 rings (SSSR count). The molecule has 2 saturated heterocycles. The van der Waals surface area contributed by atoms with E-state index in [-0.39, 0.29) is 42.8 Å². The Morgan fingerprint density at radius 2 is 1.79 bits per heavy atom. The second-order valence-corrected chi connectivity index (χ2v) is 8.51. The highest BCUT2D eigenvalue weighted by atomic mass is 79.9. The predicted octanol–water partition coefficient (Wildman–Crippen LogP) is 2.48. The van der Waals surface area contributed by atoms with Crippen molar-refractivity contribution in [3.8, 4) is 5.75 Å². The van der Waals surface area contributed by atoms with Crippen LogP contribution in [0.3, 0.4) is 0 Å². The fraction of sp³-hybridized carbons (Fsp3) is 0.381. The maximum absolute atomic E-state index is 13.1. The minimum Gasteiger partial charge on any atom is -0.507 e. The largest absolute Gasteiger partial charge is 0.507 e. The average molecular weight is 446 g/mol. The van der Waals surface area contributed by atoms with Crippen molar-refractivity contribution >= 4 is 21.8 Å². The molecule has 0 aliphatic carbocycles. The van der Waals surface area contributed by atoms with Crippen molar-refractivity contribution < 1.29 is 15.0 Å². The predicted molar refractivity (Wildman–Crippen MR) is 110 cm³/mol. The van der Waals surface area contributed by atoms with Crippen LogP contribution >= 0.6 is 15.9 Å². The summed E-state index contributed by atoms with van der Waals surface area (Å²) in [6.07, 6.45) is 0. The Labute approximate surface area is 172 Å². The van der Waals surface area contributed by atoms with Crippen LogP contribution in [0.2, 0.25) is 0 Å². The lowest BCUT2D eigenvalue weighted by Gasteiger charge is -2.31. The highest BCUT2D eigenvalue weighted by Crippen LogP contribution is 2.49. The molecule has 4 unspecified atom stereocenters. The third-order valence-electron chi connectivity index (χ3n) is 5.78. The smallest absolute Gasteiger partial charge is 0.242 e. The fourth-order valence-corrected chi connectivity index (χ4v) is 4.88.